The van der Waals surface area contributed by atoms with Crippen LogP contribution in [0.3, 0.4) is 0 Å². The van der Waals surface area contributed by atoms with Gasteiger partial charge in [0.2, 0.25) is 17.7 Å². The van der Waals surface area contributed by atoms with Crippen LogP contribution in [-0.4, -0.2) is 68.1 Å². The fraction of sp³-hybridized carbons (Fsp3) is 0.318. The normalized spacial score (nSPS) is 13.7. The fourth-order valence-corrected chi connectivity index (χ4v) is 3.57. The van der Waals surface area contributed by atoms with Crippen molar-refractivity contribution in [3.8, 4) is 11.6 Å². The zero-order valence-corrected chi connectivity index (χ0v) is 18.1. The van der Waals surface area contributed by atoms with Crippen LogP contribution in [0.1, 0.15) is 22.3 Å². The molecule has 0 aliphatic carbocycles. The number of anilines is 2. The summed E-state index contributed by atoms with van der Waals surface area (Å²) in [6, 6.07) is 11.1. The number of nitrogens with zero attached hydrogens (tertiary/aromatic N) is 6. The first-order valence-electron chi connectivity index (χ1n) is 10.9. The lowest BCUT2D eigenvalue weighted by Crippen LogP contribution is -2.42. The van der Waals surface area contributed by atoms with Gasteiger partial charge < -0.3 is 25.7 Å². The van der Waals surface area contributed by atoms with Crippen LogP contribution < -0.4 is 16.4 Å². The topological polar surface area (TPSA) is 139 Å². The molecule has 5 rings (SSSR count). The Balaban J connectivity index is 1.14. The van der Waals surface area contributed by atoms with Crippen LogP contribution in [0.15, 0.2) is 47.1 Å². The van der Waals surface area contributed by atoms with Gasteiger partial charge in [0.25, 0.3) is 11.7 Å². The number of amides is 1. The molecule has 0 saturated carbocycles. The smallest absolute Gasteiger partial charge is 0.259 e. The van der Waals surface area contributed by atoms with Crippen LogP contribution in [0.25, 0.3) is 17.4 Å². The molecule has 0 bridgehead atoms. The molecule has 11 heteroatoms. The predicted octanol–water partition coefficient (Wildman–Crippen LogP) is 1.45. The van der Waals surface area contributed by atoms with Crippen molar-refractivity contribution in [2.24, 2.45) is 0 Å². The Morgan fingerprint density at radius 2 is 1.94 bits per heavy atom. The van der Waals surface area contributed by atoms with Crippen LogP contribution in [0.5, 0.6) is 0 Å². The van der Waals surface area contributed by atoms with E-state index in [0.717, 1.165) is 31.6 Å². The molecular formula is C22H25N9O2. The third-order valence-corrected chi connectivity index (χ3v) is 5.55. The van der Waals surface area contributed by atoms with Gasteiger partial charge in [-0.25, -0.2) is 0 Å². The number of nitrogens with one attached hydrogen (secondary N) is 2. The van der Waals surface area contributed by atoms with Gasteiger partial charge in [-0.05, 0) is 55.8 Å². The first-order valence-corrected chi connectivity index (χ1v) is 10.9. The van der Waals surface area contributed by atoms with Crippen molar-refractivity contribution >= 4 is 23.6 Å². The largest absolute Gasteiger partial charge is 0.461 e. The lowest BCUT2D eigenvalue weighted by atomic mass is 10.1. The lowest BCUT2D eigenvalue weighted by molar-refractivity contribution is 0.0941. The average molecular weight is 448 g/mol. The van der Waals surface area contributed by atoms with Crippen LogP contribution in [0, 0.1) is 0 Å². The molecule has 170 valence electrons. The zero-order valence-electron chi connectivity index (χ0n) is 18.1. The molecular weight excluding hydrogens is 422 g/mol. The molecule has 3 aromatic heterocycles. The number of nitrogens with two attached hydrogens (primary N) is 1. The van der Waals surface area contributed by atoms with Crippen molar-refractivity contribution in [3.05, 3.63) is 53.8 Å². The van der Waals surface area contributed by atoms with Crippen LogP contribution in [-0.2, 0) is 6.42 Å². The van der Waals surface area contributed by atoms with Crippen molar-refractivity contribution in [1.29, 1.82) is 0 Å². The second-order valence-electron chi connectivity index (χ2n) is 7.85. The first kappa shape index (κ1) is 20.9. The number of carbonyl (C=O) groups is 1. The summed E-state index contributed by atoms with van der Waals surface area (Å²) in [6.07, 6.45) is 3.54. The Morgan fingerprint density at radius 1 is 1.09 bits per heavy atom. The summed E-state index contributed by atoms with van der Waals surface area (Å²) in [5.41, 5.74) is 7.77. The molecule has 1 amide bonds. The van der Waals surface area contributed by atoms with Gasteiger partial charge in [0.1, 0.15) is 0 Å². The van der Waals surface area contributed by atoms with E-state index in [1.54, 1.807) is 18.4 Å². The van der Waals surface area contributed by atoms with E-state index in [4.69, 9.17) is 10.2 Å². The lowest BCUT2D eigenvalue weighted by Gasteiger charge is -2.30. The summed E-state index contributed by atoms with van der Waals surface area (Å²) in [5, 5.41) is 10.4. The Kier molecular flexibility index (Phi) is 5.85. The van der Waals surface area contributed by atoms with Gasteiger partial charge in [-0.1, -0.05) is 12.1 Å². The highest BCUT2D eigenvalue weighted by Crippen LogP contribution is 2.17. The quantitative estimate of drug-likeness (QED) is 0.348. The van der Waals surface area contributed by atoms with Gasteiger partial charge in [-0.2, -0.15) is 19.5 Å². The maximum Gasteiger partial charge on any atom is 0.259 e. The van der Waals surface area contributed by atoms with E-state index in [1.807, 2.05) is 24.3 Å². The first-order chi connectivity index (χ1) is 16.2. The van der Waals surface area contributed by atoms with Crippen molar-refractivity contribution in [3.63, 3.8) is 0 Å². The summed E-state index contributed by atoms with van der Waals surface area (Å²) in [6.45, 7) is 4.44. The van der Waals surface area contributed by atoms with E-state index in [2.05, 4.69) is 35.6 Å². The molecule has 0 unspecified atom stereocenters. The van der Waals surface area contributed by atoms with E-state index in [1.165, 1.54) is 10.9 Å². The summed E-state index contributed by atoms with van der Waals surface area (Å²) in [5.74, 6) is 1.76. The Hall–Kier alpha value is -3.99. The summed E-state index contributed by atoms with van der Waals surface area (Å²) >= 11 is 0. The Morgan fingerprint density at radius 3 is 2.67 bits per heavy atom. The van der Waals surface area contributed by atoms with Crippen LogP contribution in [0.4, 0.5) is 11.9 Å². The van der Waals surface area contributed by atoms with Crippen molar-refractivity contribution in [1.82, 2.24) is 34.8 Å². The molecule has 1 aromatic carbocycles. The Bertz CT molecular complexity index is 1230. The molecule has 1 aliphatic rings. The Labute approximate surface area is 190 Å². The monoisotopic (exact) mass is 447 g/mol. The highest BCUT2D eigenvalue weighted by Gasteiger charge is 2.14. The maximum atomic E-state index is 12.3. The number of carbonyl (C=O) groups excluding carboxylic acids is 1. The molecule has 1 fully saturated rings. The number of hydrogen-bond donors (Lipinski definition) is 3. The van der Waals surface area contributed by atoms with Gasteiger partial charge in [-0.15, -0.1) is 5.10 Å². The number of fused-ring (bicyclic) bond motifs is 1. The van der Waals surface area contributed by atoms with Gasteiger partial charge in [0.05, 0.1) is 6.26 Å². The minimum absolute atomic E-state index is 0.0420. The third-order valence-electron chi connectivity index (χ3n) is 5.55. The second kappa shape index (κ2) is 9.25. The van der Waals surface area contributed by atoms with E-state index in [9.17, 15) is 4.79 Å². The van der Waals surface area contributed by atoms with E-state index >= 15 is 0 Å². The van der Waals surface area contributed by atoms with Crippen molar-refractivity contribution in [2.45, 2.75) is 12.8 Å². The molecule has 4 N–H and O–H groups in total. The molecule has 0 atom stereocenters. The van der Waals surface area contributed by atoms with Gasteiger partial charge >= 0.3 is 0 Å². The predicted molar refractivity (Wildman–Crippen MR) is 123 cm³/mol. The summed E-state index contributed by atoms with van der Waals surface area (Å²) < 4.78 is 6.69. The van der Waals surface area contributed by atoms with Crippen LogP contribution in [0.2, 0.25) is 0 Å². The average Bonchev–Trinajstić information content (AvgIpc) is 3.46. The minimum Gasteiger partial charge on any atom is -0.461 e. The highest BCUT2D eigenvalue weighted by molar-refractivity contribution is 5.94. The zero-order chi connectivity index (χ0) is 22.6. The summed E-state index contributed by atoms with van der Waals surface area (Å²) in [4.78, 5) is 27.6. The standard InChI is InChI=1S/C22H25N9O2/c23-20-27-21(28-22-26-18(29-31(20)22)17-3-1-14-33-17)25-9-8-15-4-6-16(7-5-15)19(32)24-10-13-30-11-2-12-30/h1,3-7,14H,2,8-13H2,(H,24,32)(H3,23,25,26,27,28,29). The van der Waals surface area contributed by atoms with Gasteiger partial charge in [-0.3, -0.25) is 4.79 Å². The maximum absolute atomic E-state index is 12.3. The van der Waals surface area contributed by atoms with Crippen molar-refractivity contribution in [2.75, 3.05) is 43.8 Å². The fourth-order valence-electron chi connectivity index (χ4n) is 3.57. The van der Waals surface area contributed by atoms with Gasteiger partial charge in [0.15, 0.2) is 5.76 Å². The SMILES string of the molecule is Nc1nc(NCCc2ccc(C(=O)NCCN3CCC3)cc2)nc2nc(-c3ccco3)nn12. The number of rotatable bonds is 9. The van der Waals surface area contributed by atoms with E-state index in [0.29, 0.717) is 42.0 Å². The molecule has 33 heavy (non-hydrogen) atoms. The molecule has 11 nitrogen and oxygen atoms in total. The third kappa shape index (κ3) is 4.77. The number of benzene rings is 1. The van der Waals surface area contributed by atoms with E-state index < -0.39 is 0 Å². The van der Waals surface area contributed by atoms with E-state index in [-0.39, 0.29) is 11.9 Å². The van der Waals surface area contributed by atoms with Crippen LogP contribution >= 0.6 is 0 Å². The minimum atomic E-state index is -0.0420. The molecule has 1 saturated heterocycles. The molecule has 0 spiro atoms. The number of hydrogen-bond acceptors (Lipinski definition) is 9. The number of aromatic nitrogens is 5. The highest BCUT2D eigenvalue weighted by atomic mass is 16.3. The molecule has 1 aliphatic heterocycles. The summed E-state index contributed by atoms with van der Waals surface area (Å²) in [7, 11) is 0. The number of nitrogen functional groups attached to an aromatic ring is 1. The number of likely N-dealkylation sites (tertiary alicyclic amines) is 1. The molecule has 4 aromatic rings. The number of furan rings is 1. The molecule has 4 heterocycles. The van der Waals surface area contributed by atoms with Gasteiger partial charge in [0, 0.05) is 25.2 Å². The second-order valence-corrected chi connectivity index (χ2v) is 7.85. The molecule has 0 radical (unpaired) electrons. The van der Waals surface area contributed by atoms with Crippen molar-refractivity contribution < 1.29 is 9.21 Å².